The Morgan fingerprint density at radius 1 is 1.38 bits per heavy atom. The van der Waals surface area contributed by atoms with E-state index in [2.05, 4.69) is 36.7 Å². The first-order chi connectivity index (χ1) is 7.81. The molecule has 0 aliphatic heterocycles. The minimum absolute atomic E-state index is 0.302. The summed E-state index contributed by atoms with van der Waals surface area (Å²) in [5, 5.41) is 14.7. The van der Waals surface area contributed by atoms with Crippen molar-refractivity contribution in [2.45, 2.75) is 39.2 Å². The fraction of sp³-hybridized carbons (Fsp3) is 0.692. The number of aliphatic hydroxyl groups is 1. The van der Waals surface area contributed by atoms with Gasteiger partial charge in [-0.1, -0.05) is 26.3 Å². The fourth-order valence-corrected chi connectivity index (χ4v) is 2.76. The number of aliphatic hydroxyl groups excluding tert-OH is 1. The SMILES string of the molecule is CCC(CCO)CNC(CC)c1cccs1. The standard InChI is InChI=1S/C13H23NOS/c1-3-11(7-8-15)10-14-12(4-2)13-6-5-9-16-13/h5-6,9,11-12,14-15H,3-4,7-8,10H2,1-2H3. The van der Waals surface area contributed by atoms with Crippen LogP contribution in [0, 0.1) is 5.92 Å². The maximum Gasteiger partial charge on any atom is 0.0434 e. The lowest BCUT2D eigenvalue weighted by molar-refractivity contribution is 0.248. The first-order valence-electron chi connectivity index (χ1n) is 6.19. The normalized spacial score (nSPS) is 14.9. The molecule has 1 rings (SSSR count). The molecule has 92 valence electrons. The molecule has 0 saturated heterocycles. The zero-order valence-electron chi connectivity index (χ0n) is 10.3. The predicted octanol–water partition coefficient (Wildman–Crippen LogP) is 3.20. The van der Waals surface area contributed by atoms with E-state index in [0.29, 0.717) is 18.6 Å². The lowest BCUT2D eigenvalue weighted by Crippen LogP contribution is -2.27. The van der Waals surface area contributed by atoms with Gasteiger partial charge in [0.15, 0.2) is 0 Å². The molecule has 0 amide bonds. The van der Waals surface area contributed by atoms with Crippen LogP contribution in [0.1, 0.15) is 44.0 Å². The molecule has 0 saturated carbocycles. The van der Waals surface area contributed by atoms with Crippen LogP contribution in [0.5, 0.6) is 0 Å². The quantitative estimate of drug-likeness (QED) is 0.732. The molecule has 1 heterocycles. The molecule has 2 unspecified atom stereocenters. The maximum atomic E-state index is 8.95. The Bertz CT molecular complexity index is 261. The average Bonchev–Trinajstić information content (AvgIpc) is 2.82. The Morgan fingerprint density at radius 3 is 2.69 bits per heavy atom. The smallest absolute Gasteiger partial charge is 0.0434 e. The molecule has 3 heteroatoms. The Kier molecular flexibility index (Phi) is 6.69. The maximum absolute atomic E-state index is 8.95. The van der Waals surface area contributed by atoms with Crippen LogP contribution < -0.4 is 5.32 Å². The fourth-order valence-electron chi connectivity index (χ4n) is 1.88. The van der Waals surface area contributed by atoms with E-state index in [0.717, 1.165) is 25.8 Å². The van der Waals surface area contributed by atoms with Crippen molar-refractivity contribution in [1.29, 1.82) is 0 Å². The van der Waals surface area contributed by atoms with Gasteiger partial charge >= 0.3 is 0 Å². The van der Waals surface area contributed by atoms with Gasteiger partial charge in [-0.25, -0.2) is 0 Å². The van der Waals surface area contributed by atoms with Crippen LogP contribution in [-0.4, -0.2) is 18.3 Å². The van der Waals surface area contributed by atoms with Crippen LogP contribution in [0.4, 0.5) is 0 Å². The van der Waals surface area contributed by atoms with E-state index >= 15 is 0 Å². The Morgan fingerprint density at radius 2 is 2.19 bits per heavy atom. The van der Waals surface area contributed by atoms with Crippen molar-refractivity contribution in [2.24, 2.45) is 5.92 Å². The van der Waals surface area contributed by atoms with E-state index in [-0.39, 0.29) is 0 Å². The second-order valence-electron chi connectivity index (χ2n) is 4.17. The van der Waals surface area contributed by atoms with Gasteiger partial charge < -0.3 is 10.4 Å². The van der Waals surface area contributed by atoms with Gasteiger partial charge in [-0.05, 0) is 36.8 Å². The highest BCUT2D eigenvalue weighted by Gasteiger charge is 2.12. The molecule has 0 aromatic carbocycles. The predicted molar refractivity (Wildman–Crippen MR) is 70.8 cm³/mol. The van der Waals surface area contributed by atoms with Gasteiger partial charge in [0.25, 0.3) is 0 Å². The molecule has 2 atom stereocenters. The lowest BCUT2D eigenvalue weighted by atomic mass is 10.0. The van der Waals surface area contributed by atoms with E-state index in [9.17, 15) is 0 Å². The summed E-state index contributed by atoms with van der Waals surface area (Å²) in [6.07, 6.45) is 3.16. The summed E-state index contributed by atoms with van der Waals surface area (Å²) in [5.74, 6) is 0.596. The third kappa shape index (κ3) is 4.24. The van der Waals surface area contributed by atoms with E-state index in [1.54, 1.807) is 0 Å². The summed E-state index contributed by atoms with van der Waals surface area (Å²) in [6.45, 7) is 5.71. The molecule has 0 aliphatic rings. The molecule has 0 spiro atoms. The van der Waals surface area contributed by atoms with Gasteiger partial charge in [-0.15, -0.1) is 11.3 Å². The van der Waals surface area contributed by atoms with Gasteiger partial charge in [0.1, 0.15) is 0 Å². The van der Waals surface area contributed by atoms with Crippen LogP contribution in [0.3, 0.4) is 0 Å². The first-order valence-corrected chi connectivity index (χ1v) is 7.07. The molecule has 1 aromatic heterocycles. The van der Waals surface area contributed by atoms with Crippen molar-refractivity contribution < 1.29 is 5.11 Å². The van der Waals surface area contributed by atoms with Crippen LogP contribution in [0.15, 0.2) is 17.5 Å². The number of nitrogens with one attached hydrogen (secondary N) is 1. The summed E-state index contributed by atoms with van der Waals surface area (Å²) in [4.78, 5) is 1.42. The highest BCUT2D eigenvalue weighted by molar-refractivity contribution is 7.10. The molecule has 2 N–H and O–H groups in total. The molecule has 16 heavy (non-hydrogen) atoms. The van der Waals surface area contributed by atoms with Gasteiger partial charge in [-0.3, -0.25) is 0 Å². The topological polar surface area (TPSA) is 32.3 Å². The third-order valence-electron chi connectivity index (χ3n) is 3.06. The first kappa shape index (κ1) is 13.7. The van der Waals surface area contributed by atoms with Crippen LogP contribution in [0.25, 0.3) is 0 Å². The summed E-state index contributed by atoms with van der Waals surface area (Å²) < 4.78 is 0. The summed E-state index contributed by atoms with van der Waals surface area (Å²) in [5.41, 5.74) is 0. The van der Waals surface area contributed by atoms with Crippen molar-refractivity contribution >= 4 is 11.3 Å². The Balaban J connectivity index is 2.39. The zero-order valence-corrected chi connectivity index (χ0v) is 11.1. The van der Waals surface area contributed by atoms with E-state index in [4.69, 9.17) is 5.11 Å². The highest BCUT2D eigenvalue weighted by atomic mass is 32.1. The summed E-state index contributed by atoms with van der Waals surface area (Å²) in [6, 6.07) is 4.78. The van der Waals surface area contributed by atoms with E-state index in [1.165, 1.54) is 4.88 Å². The number of thiophene rings is 1. The highest BCUT2D eigenvalue weighted by Crippen LogP contribution is 2.22. The van der Waals surface area contributed by atoms with Crippen molar-refractivity contribution in [3.05, 3.63) is 22.4 Å². The minimum atomic E-state index is 0.302. The van der Waals surface area contributed by atoms with E-state index in [1.807, 2.05) is 11.3 Å². The number of rotatable bonds is 8. The molecular weight excluding hydrogens is 218 g/mol. The van der Waals surface area contributed by atoms with Crippen molar-refractivity contribution in [2.75, 3.05) is 13.2 Å². The Labute approximate surface area is 103 Å². The van der Waals surface area contributed by atoms with Crippen molar-refractivity contribution in [3.8, 4) is 0 Å². The summed E-state index contributed by atoms with van der Waals surface area (Å²) in [7, 11) is 0. The average molecular weight is 241 g/mol. The second kappa shape index (κ2) is 7.82. The van der Waals surface area contributed by atoms with Crippen LogP contribution in [-0.2, 0) is 0 Å². The monoisotopic (exact) mass is 241 g/mol. The van der Waals surface area contributed by atoms with Gasteiger partial charge in [-0.2, -0.15) is 0 Å². The summed E-state index contributed by atoms with van der Waals surface area (Å²) >= 11 is 1.82. The largest absolute Gasteiger partial charge is 0.396 e. The molecule has 2 nitrogen and oxygen atoms in total. The molecular formula is C13H23NOS. The zero-order chi connectivity index (χ0) is 11.8. The van der Waals surface area contributed by atoms with Crippen molar-refractivity contribution in [1.82, 2.24) is 5.32 Å². The molecule has 0 radical (unpaired) electrons. The van der Waals surface area contributed by atoms with Gasteiger partial charge in [0.2, 0.25) is 0 Å². The van der Waals surface area contributed by atoms with E-state index < -0.39 is 0 Å². The van der Waals surface area contributed by atoms with Gasteiger partial charge in [0, 0.05) is 17.5 Å². The second-order valence-corrected chi connectivity index (χ2v) is 5.15. The minimum Gasteiger partial charge on any atom is -0.396 e. The third-order valence-corrected chi connectivity index (χ3v) is 4.05. The van der Waals surface area contributed by atoms with Gasteiger partial charge in [0.05, 0.1) is 0 Å². The van der Waals surface area contributed by atoms with Crippen molar-refractivity contribution in [3.63, 3.8) is 0 Å². The van der Waals surface area contributed by atoms with Crippen LogP contribution in [0.2, 0.25) is 0 Å². The molecule has 0 bridgehead atoms. The molecule has 0 fully saturated rings. The molecule has 1 aromatic rings. The molecule has 0 aliphatic carbocycles. The number of hydrogen-bond acceptors (Lipinski definition) is 3. The number of hydrogen-bond donors (Lipinski definition) is 2. The lowest BCUT2D eigenvalue weighted by Gasteiger charge is -2.20. The van der Waals surface area contributed by atoms with Crippen LogP contribution >= 0.6 is 11.3 Å². The Hall–Kier alpha value is -0.380.